The Labute approximate surface area is 162 Å². The molecule has 2 N–H and O–H groups in total. The maximum atomic E-state index is 11.6. The topological polar surface area (TPSA) is 66.0 Å². The van der Waals surface area contributed by atoms with E-state index in [9.17, 15) is 4.79 Å². The van der Waals surface area contributed by atoms with Crippen molar-refractivity contribution in [3.63, 3.8) is 0 Å². The average molecular weight is 448 g/mol. The number of hydrogen-bond donors (Lipinski definition) is 2. The fourth-order valence-electron chi connectivity index (χ4n) is 1.68. The van der Waals surface area contributed by atoms with Crippen LogP contribution >= 0.6 is 24.0 Å². The molecule has 0 fully saturated rings. The molecule has 24 heavy (non-hydrogen) atoms. The van der Waals surface area contributed by atoms with Crippen molar-refractivity contribution in [3.05, 3.63) is 29.8 Å². The molecule has 0 aliphatic carbocycles. The Morgan fingerprint density at radius 3 is 2.38 bits per heavy atom. The van der Waals surface area contributed by atoms with Gasteiger partial charge in [-0.2, -0.15) is 0 Å². The zero-order valence-electron chi connectivity index (χ0n) is 15.0. The summed E-state index contributed by atoms with van der Waals surface area (Å²) in [4.78, 5) is 17.4. The van der Waals surface area contributed by atoms with Crippen LogP contribution in [0, 0.1) is 6.92 Å². The zero-order valence-corrected chi connectivity index (χ0v) is 17.3. The lowest BCUT2D eigenvalue weighted by Crippen LogP contribution is -2.40. The number of hydrogen-bond acceptors (Lipinski definition) is 3. The lowest BCUT2D eigenvalue weighted by Gasteiger charge is -2.13. The van der Waals surface area contributed by atoms with Crippen molar-refractivity contribution in [3.8, 4) is 5.75 Å². The van der Waals surface area contributed by atoms with Crippen molar-refractivity contribution < 1.29 is 9.53 Å². The van der Waals surface area contributed by atoms with E-state index in [-0.39, 0.29) is 36.4 Å². The third kappa shape index (κ3) is 9.59. The van der Waals surface area contributed by atoms with E-state index in [4.69, 9.17) is 4.74 Å². The number of aryl methyl sites for hydroxylation is 1. The van der Waals surface area contributed by atoms with Crippen molar-refractivity contribution >= 4 is 35.8 Å². The predicted octanol–water partition coefficient (Wildman–Crippen LogP) is 2.03. The van der Waals surface area contributed by atoms with Crippen LogP contribution in [0.4, 0.5) is 0 Å². The SMILES string of the molecule is CCCNC(=NCC(=O)N(C)C)NCCOc1ccc(C)cc1.I. The van der Waals surface area contributed by atoms with Gasteiger partial charge >= 0.3 is 0 Å². The number of carbonyl (C=O) groups excluding carboxylic acids is 1. The van der Waals surface area contributed by atoms with E-state index in [0.29, 0.717) is 19.1 Å². The number of nitrogens with one attached hydrogen (secondary N) is 2. The quantitative estimate of drug-likeness (QED) is 0.277. The fraction of sp³-hybridized carbons (Fsp3) is 0.529. The lowest BCUT2D eigenvalue weighted by atomic mass is 10.2. The third-order valence-electron chi connectivity index (χ3n) is 3.10. The van der Waals surface area contributed by atoms with Crippen LogP contribution < -0.4 is 15.4 Å². The predicted molar refractivity (Wildman–Crippen MR) is 109 cm³/mol. The summed E-state index contributed by atoms with van der Waals surface area (Å²) in [6, 6.07) is 7.95. The van der Waals surface area contributed by atoms with Crippen LogP contribution in [0.3, 0.4) is 0 Å². The summed E-state index contributed by atoms with van der Waals surface area (Å²) in [7, 11) is 3.44. The summed E-state index contributed by atoms with van der Waals surface area (Å²) in [6.45, 7) is 6.20. The summed E-state index contributed by atoms with van der Waals surface area (Å²) in [5, 5.41) is 6.36. The van der Waals surface area contributed by atoms with Gasteiger partial charge in [0.1, 0.15) is 18.9 Å². The molecule has 0 saturated carbocycles. The molecule has 6 nitrogen and oxygen atoms in total. The standard InChI is InChI=1S/C17H28N4O2.HI/c1-5-10-18-17(20-13-16(22)21(3)4)19-11-12-23-15-8-6-14(2)7-9-15;/h6-9H,5,10-13H2,1-4H3,(H2,18,19,20);1H. The molecule has 0 radical (unpaired) electrons. The number of likely N-dealkylation sites (N-methyl/N-ethyl adjacent to an activating group) is 1. The number of nitrogens with zero attached hydrogens (tertiary/aromatic N) is 2. The number of guanidine groups is 1. The van der Waals surface area contributed by atoms with Gasteiger partial charge < -0.3 is 20.3 Å². The van der Waals surface area contributed by atoms with Gasteiger partial charge in [-0.25, -0.2) is 4.99 Å². The lowest BCUT2D eigenvalue weighted by molar-refractivity contribution is -0.127. The van der Waals surface area contributed by atoms with E-state index in [2.05, 4.69) is 22.5 Å². The minimum Gasteiger partial charge on any atom is -0.492 e. The summed E-state index contributed by atoms with van der Waals surface area (Å²) < 4.78 is 5.66. The molecule has 1 amide bonds. The number of aliphatic imine (C=N–C) groups is 1. The van der Waals surface area contributed by atoms with Gasteiger partial charge in [0.25, 0.3) is 0 Å². The van der Waals surface area contributed by atoms with Crippen molar-refractivity contribution in [2.24, 2.45) is 4.99 Å². The largest absolute Gasteiger partial charge is 0.492 e. The third-order valence-corrected chi connectivity index (χ3v) is 3.10. The maximum absolute atomic E-state index is 11.6. The van der Waals surface area contributed by atoms with Gasteiger partial charge in [0, 0.05) is 20.6 Å². The molecule has 0 bridgehead atoms. The maximum Gasteiger partial charge on any atom is 0.243 e. The molecule has 1 aromatic carbocycles. The summed E-state index contributed by atoms with van der Waals surface area (Å²) >= 11 is 0. The highest BCUT2D eigenvalue weighted by atomic mass is 127. The molecule has 0 atom stereocenters. The highest BCUT2D eigenvalue weighted by Crippen LogP contribution is 2.10. The summed E-state index contributed by atoms with van der Waals surface area (Å²) in [5.41, 5.74) is 1.21. The second kappa shape index (κ2) is 12.9. The van der Waals surface area contributed by atoms with Crippen LogP contribution in [-0.2, 0) is 4.79 Å². The van der Waals surface area contributed by atoms with Crippen molar-refractivity contribution in [2.75, 3.05) is 40.3 Å². The number of rotatable bonds is 8. The molecule has 0 aromatic heterocycles. The van der Waals surface area contributed by atoms with Gasteiger partial charge in [-0.1, -0.05) is 24.6 Å². The molecule has 0 aliphatic rings. The van der Waals surface area contributed by atoms with Gasteiger partial charge in [-0.3, -0.25) is 4.79 Å². The highest BCUT2D eigenvalue weighted by Gasteiger charge is 2.04. The van der Waals surface area contributed by atoms with Gasteiger partial charge in [0.05, 0.1) is 6.54 Å². The van der Waals surface area contributed by atoms with E-state index >= 15 is 0 Å². The van der Waals surface area contributed by atoms with E-state index in [0.717, 1.165) is 18.7 Å². The summed E-state index contributed by atoms with van der Waals surface area (Å²) in [6.07, 6.45) is 0.988. The monoisotopic (exact) mass is 448 g/mol. The molecule has 1 aromatic rings. The van der Waals surface area contributed by atoms with Gasteiger partial charge in [0.15, 0.2) is 5.96 Å². The molecule has 0 unspecified atom stereocenters. The van der Waals surface area contributed by atoms with Crippen LogP contribution in [-0.4, -0.2) is 57.1 Å². The molecule has 0 heterocycles. The molecule has 0 saturated heterocycles. The smallest absolute Gasteiger partial charge is 0.243 e. The van der Waals surface area contributed by atoms with Crippen LogP contribution in [0.1, 0.15) is 18.9 Å². The van der Waals surface area contributed by atoms with Crippen LogP contribution in [0.15, 0.2) is 29.3 Å². The Morgan fingerprint density at radius 2 is 1.79 bits per heavy atom. The Hall–Kier alpha value is -1.51. The van der Waals surface area contributed by atoms with Crippen LogP contribution in [0.25, 0.3) is 0 Å². The first-order valence-corrected chi connectivity index (χ1v) is 7.94. The Bertz CT molecular complexity index is 504. The molecule has 1 rings (SSSR count). The minimum atomic E-state index is -0.0292. The van der Waals surface area contributed by atoms with E-state index < -0.39 is 0 Å². The number of ether oxygens (including phenoxy) is 1. The van der Waals surface area contributed by atoms with Crippen LogP contribution in [0.5, 0.6) is 5.75 Å². The average Bonchev–Trinajstić information content (AvgIpc) is 2.54. The van der Waals surface area contributed by atoms with Gasteiger partial charge in [-0.15, -0.1) is 24.0 Å². The first-order chi connectivity index (χ1) is 11.0. The highest BCUT2D eigenvalue weighted by molar-refractivity contribution is 14.0. The molecule has 7 heteroatoms. The van der Waals surface area contributed by atoms with Crippen molar-refractivity contribution in [1.29, 1.82) is 0 Å². The van der Waals surface area contributed by atoms with Crippen molar-refractivity contribution in [2.45, 2.75) is 20.3 Å². The number of carbonyl (C=O) groups is 1. The molecular weight excluding hydrogens is 419 g/mol. The molecule has 136 valence electrons. The Balaban J connectivity index is 0.00000529. The Morgan fingerprint density at radius 1 is 1.17 bits per heavy atom. The second-order valence-corrected chi connectivity index (χ2v) is 5.47. The van der Waals surface area contributed by atoms with E-state index in [1.165, 1.54) is 10.5 Å². The molecular formula is C17H29IN4O2. The Kier molecular flexibility index (Phi) is 12.0. The first-order valence-electron chi connectivity index (χ1n) is 7.94. The van der Waals surface area contributed by atoms with E-state index in [1.807, 2.05) is 31.2 Å². The van der Waals surface area contributed by atoms with Gasteiger partial charge in [0.2, 0.25) is 5.91 Å². The molecule has 0 spiro atoms. The fourth-order valence-corrected chi connectivity index (χ4v) is 1.68. The zero-order chi connectivity index (χ0) is 17.1. The number of benzene rings is 1. The van der Waals surface area contributed by atoms with Crippen molar-refractivity contribution in [1.82, 2.24) is 15.5 Å². The van der Waals surface area contributed by atoms with Crippen LogP contribution in [0.2, 0.25) is 0 Å². The second-order valence-electron chi connectivity index (χ2n) is 5.47. The summed E-state index contributed by atoms with van der Waals surface area (Å²) in [5.74, 6) is 1.45. The molecule has 0 aliphatic heterocycles. The van der Waals surface area contributed by atoms with E-state index in [1.54, 1.807) is 14.1 Å². The van der Waals surface area contributed by atoms with Gasteiger partial charge in [-0.05, 0) is 25.5 Å². The normalized spacial score (nSPS) is 10.6. The number of halogens is 1. The number of amides is 1. The minimum absolute atomic E-state index is 0. The first kappa shape index (κ1) is 22.5.